The Balaban J connectivity index is 2.49. The summed E-state index contributed by atoms with van der Waals surface area (Å²) < 4.78 is 49.9. The van der Waals surface area contributed by atoms with Crippen molar-refractivity contribution in [3.8, 4) is 0 Å². The molecule has 1 aromatic carbocycles. The van der Waals surface area contributed by atoms with E-state index in [4.69, 9.17) is 21.8 Å². The highest BCUT2D eigenvalue weighted by Gasteiger charge is 2.39. The number of carboxylic acid groups (broad SMARTS) is 1. The molecule has 8 nitrogen and oxygen atoms in total. The fourth-order valence-corrected chi connectivity index (χ4v) is 6.53. The third-order valence-electron chi connectivity index (χ3n) is 3.70. The Hall–Kier alpha value is -1.20. The van der Waals surface area contributed by atoms with Gasteiger partial charge in [-0.1, -0.05) is 11.6 Å². The van der Waals surface area contributed by atoms with Crippen molar-refractivity contribution in [2.75, 3.05) is 24.7 Å². The summed E-state index contributed by atoms with van der Waals surface area (Å²) in [4.78, 5) is 10.6. The van der Waals surface area contributed by atoms with Crippen molar-refractivity contribution < 1.29 is 31.8 Å². The number of sulfone groups is 1. The lowest BCUT2D eigenvalue weighted by Gasteiger charge is -2.27. The summed E-state index contributed by atoms with van der Waals surface area (Å²) in [5.74, 6) is -1.80. The van der Waals surface area contributed by atoms with Crippen molar-refractivity contribution in [1.82, 2.24) is 4.31 Å². The quantitative estimate of drug-likeness (QED) is 0.701. The number of sulfonamides is 1. The van der Waals surface area contributed by atoms with Gasteiger partial charge in [-0.3, -0.25) is 0 Å². The molecule has 0 bridgehead atoms. The number of rotatable bonds is 6. The number of carbonyl (C=O) groups is 1. The van der Waals surface area contributed by atoms with Gasteiger partial charge in [0, 0.05) is 12.6 Å². The fourth-order valence-electron chi connectivity index (χ4n) is 2.56. The third-order valence-corrected chi connectivity index (χ3v) is 7.88. The van der Waals surface area contributed by atoms with Crippen molar-refractivity contribution >= 4 is 37.4 Å². The molecule has 1 aromatic rings. The Morgan fingerprint density at radius 3 is 2.54 bits per heavy atom. The number of aliphatic hydroxyl groups is 1. The molecular formula is C13H16ClNO7S2. The molecule has 1 heterocycles. The zero-order chi connectivity index (χ0) is 18.1. The maximum Gasteiger partial charge on any atom is 0.335 e. The predicted octanol–water partition coefficient (Wildman–Crippen LogP) is 0.208. The van der Waals surface area contributed by atoms with Gasteiger partial charge in [-0.05, 0) is 24.6 Å². The van der Waals surface area contributed by atoms with E-state index in [1.165, 1.54) is 6.07 Å². The smallest absolute Gasteiger partial charge is 0.335 e. The van der Waals surface area contributed by atoms with Crippen LogP contribution in [-0.4, -0.2) is 68.0 Å². The summed E-state index contributed by atoms with van der Waals surface area (Å²) in [7, 11) is -7.62. The average molecular weight is 398 g/mol. The van der Waals surface area contributed by atoms with Gasteiger partial charge in [-0.15, -0.1) is 0 Å². The maximum atomic E-state index is 12.9. The van der Waals surface area contributed by atoms with Crippen LogP contribution in [0.1, 0.15) is 16.8 Å². The average Bonchev–Trinajstić information content (AvgIpc) is 2.84. The summed E-state index contributed by atoms with van der Waals surface area (Å²) in [5, 5.41) is 18.0. The first-order valence-corrected chi connectivity index (χ1v) is 10.6. The third kappa shape index (κ3) is 3.89. The van der Waals surface area contributed by atoms with E-state index in [1.54, 1.807) is 0 Å². The number of aliphatic hydroxyl groups excluding tert-OH is 1. The van der Waals surface area contributed by atoms with Gasteiger partial charge in [0.2, 0.25) is 10.0 Å². The Bertz CT molecular complexity index is 851. The Morgan fingerprint density at radius 1 is 1.38 bits per heavy atom. The summed E-state index contributed by atoms with van der Waals surface area (Å²) in [6.07, 6.45) is 0.109. The van der Waals surface area contributed by atoms with Crippen LogP contribution >= 0.6 is 11.6 Å². The minimum Gasteiger partial charge on any atom is -0.478 e. The molecule has 1 saturated heterocycles. The van der Waals surface area contributed by atoms with Crippen LogP contribution in [0.15, 0.2) is 23.1 Å². The maximum absolute atomic E-state index is 12.9. The molecule has 134 valence electrons. The predicted molar refractivity (Wildman–Crippen MR) is 86.4 cm³/mol. The molecule has 2 rings (SSSR count). The van der Waals surface area contributed by atoms with Gasteiger partial charge in [-0.2, -0.15) is 4.31 Å². The van der Waals surface area contributed by atoms with Crippen LogP contribution < -0.4 is 0 Å². The number of aromatic carboxylic acids is 1. The van der Waals surface area contributed by atoms with Crippen molar-refractivity contribution in [2.45, 2.75) is 17.4 Å². The van der Waals surface area contributed by atoms with Gasteiger partial charge in [0.25, 0.3) is 0 Å². The number of nitrogens with zero attached hydrogens (tertiary/aromatic N) is 1. The summed E-state index contributed by atoms with van der Waals surface area (Å²) in [5.41, 5.74) is -0.263. The normalized spacial score (nSPS) is 20.4. The SMILES string of the molecule is O=C(O)c1ccc(Cl)c(S(=O)(=O)N(CCO)[C@H]2CCS(=O)(=O)C2)c1. The van der Waals surface area contributed by atoms with Gasteiger partial charge in [0.05, 0.1) is 28.7 Å². The molecule has 0 aliphatic carbocycles. The van der Waals surface area contributed by atoms with Crippen LogP contribution in [0.4, 0.5) is 0 Å². The largest absolute Gasteiger partial charge is 0.478 e. The van der Waals surface area contributed by atoms with Crippen molar-refractivity contribution in [3.63, 3.8) is 0 Å². The van der Waals surface area contributed by atoms with E-state index in [0.29, 0.717) is 0 Å². The highest BCUT2D eigenvalue weighted by atomic mass is 35.5. The van der Waals surface area contributed by atoms with Crippen LogP contribution in [0.25, 0.3) is 0 Å². The number of carboxylic acids is 1. The fraction of sp³-hybridized carbons (Fsp3) is 0.462. The highest BCUT2D eigenvalue weighted by molar-refractivity contribution is 7.92. The van der Waals surface area contributed by atoms with E-state index in [1.807, 2.05) is 0 Å². The molecule has 0 spiro atoms. The minimum absolute atomic E-state index is 0.109. The van der Waals surface area contributed by atoms with Crippen LogP contribution in [0.3, 0.4) is 0 Å². The van der Waals surface area contributed by atoms with Gasteiger partial charge in [0.15, 0.2) is 9.84 Å². The second-order valence-corrected chi connectivity index (χ2v) is 9.84. The van der Waals surface area contributed by atoms with E-state index in [9.17, 15) is 21.6 Å². The molecular weight excluding hydrogens is 382 g/mol. The molecule has 2 N–H and O–H groups in total. The standard InChI is InChI=1S/C13H16ClNO7S2/c14-11-2-1-9(13(17)18)7-12(11)24(21,22)15(4-5-16)10-3-6-23(19,20)8-10/h1-2,7,10,16H,3-6,8H2,(H,17,18)/t10-/m0/s1. The van der Waals surface area contributed by atoms with Crippen molar-refractivity contribution in [1.29, 1.82) is 0 Å². The van der Waals surface area contributed by atoms with E-state index in [-0.39, 0.29) is 35.1 Å². The monoisotopic (exact) mass is 397 g/mol. The highest BCUT2D eigenvalue weighted by Crippen LogP contribution is 2.29. The van der Waals surface area contributed by atoms with Crippen molar-refractivity contribution in [3.05, 3.63) is 28.8 Å². The molecule has 1 aliphatic rings. The van der Waals surface area contributed by atoms with Crippen molar-refractivity contribution in [2.24, 2.45) is 0 Å². The first-order chi connectivity index (χ1) is 11.1. The van der Waals surface area contributed by atoms with Gasteiger partial charge >= 0.3 is 5.97 Å². The van der Waals surface area contributed by atoms with Crippen LogP contribution in [-0.2, 0) is 19.9 Å². The van der Waals surface area contributed by atoms with Gasteiger partial charge in [0.1, 0.15) is 4.90 Å². The first kappa shape index (κ1) is 19.1. The lowest BCUT2D eigenvalue weighted by molar-refractivity contribution is 0.0696. The molecule has 0 saturated carbocycles. The van der Waals surface area contributed by atoms with Crippen LogP contribution in [0, 0.1) is 0 Å². The zero-order valence-electron chi connectivity index (χ0n) is 12.4. The molecule has 0 radical (unpaired) electrons. The minimum atomic E-state index is -4.27. The molecule has 0 unspecified atom stereocenters. The summed E-state index contributed by atoms with van der Waals surface area (Å²) in [6.45, 7) is -0.817. The Labute approximate surface area is 144 Å². The summed E-state index contributed by atoms with van der Waals surface area (Å²) in [6, 6.07) is 2.42. The molecule has 1 aliphatic heterocycles. The van der Waals surface area contributed by atoms with E-state index >= 15 is 0 Å². The molecule has 0 amide bonds. The number of benzene rings is 1. The number of halogens is 1. The second kappa shape index (κ2) is 6.96. The van der Waals surface area contributed by atoms with Crippen LogP contribution in [0.5, 0.6) is 0 Å². The van der Waals surface area contributed by atoms with E-state index < -0.39 is 43.4 Å². The van der Waals surface area contributed by atoms with E-state index in [2.05, 4.69) is 0 Å². The van der Waals surface area contributed by atoms with E-state index in [0.717, 1.165) is 16.4 Å². The lowest BCUT2D eigenvalue weighted by Crippen LogP contribution is -2.42. The molecule has 0 aromatic heterocycles. The first-order valence-electron chi connectivity index (χ1n) is 6.94. The van der Waals surface area contributed by atoms with Gasteiger partial charge < -0.3 is 10.2 Å². The Kier molecular flexibility index (Phi) is 5.55. The molecule has 1 fully saturated rings. The topological polar surface area (TPSA) is 129 Å². The van der Waals surface area contributed by atoms with Crippen LogP contribution in [0.2, 0.25) is 5.02 Å². The van der Waals surface area contributed by atoms with Gasteiger partial charge in [-0.25, -0.2) is 21.6 Å². The summed E-state index contributed by atoms with van der Waals surface area (Å²) >= 11 is 5.91. The number of hydrogen-bond donors (Lipinski definition) is 2. The molecule has 24 heavy (non-hydrogen) atoms. The zero-order valence-corrected chi connectivity index (χ0v) is 14.8. The number of hydrogen-bond acceptors (Lipinski definition) is 6. The molecule has 1 atom stereocenters. The Morgan fingerprint density at radius 2 is 2.04 bits per heavy atom. The lowest BCUT2D eigenvalue weighted by atomic mass is 10.2. The second-order valence-electron chi connectivity index (χ2n) is 5.35. The molecule has 11 heteroatoms.